The first kappa shape index (κ1) is 33.9. The zero-order valence-corrected chi connectivity index (χ0v) is 26.2. The summed E-state index contributed by atoms with van der Waals surface area (Å²) < 4.78 is 0. The van der Waals surface area contributed by atoms with E-state index in [9.17, 15) is 19.2 Å². The summed E-state index contributed by atoms with van der Waals surface area (Å²) in [4.78, 5) is 47.8. The minimum absolute atomic E-state index is 0.00246. The van der Waals surface area contributed by atoms with Gasteiger partial charge in [-0.1, -0.05) is 74.3 Å². The number of fused-ring (bicyclic) bond motifs is 1. The van der Waals surface area contributed by atoms with Gasteiger partial charge in [-0.25, -0.2) is 0 Å². The summed E-state index contributed by atoms with van der Waals surface area (Å²) in [5, 5.41) is 0. The molecule has 3 unspecified atom stereocenters. The maximum Gasteiger partial charge on any atom is 0.163 e. The zero-order valence-electron chi connectivity index (χ0n) is 26.2. The fourth-order valence-corrected chi connectivity index (χ4v) is 6.12. The predicted octanol–water partition coefficient (Wildman–Crippen LogP) is 8.53. The highest BCUT2D eigenvalue weighted by atomic mass is 16.1. The quantitative estimate of drug-likeness (QED) is 0.271. The number of Topliss-reactive ketones (excluding diaryl/α,β-unsaturated/α-hetero) is 4. The van der Waals surface area contributed by atoms with Gasteiger partial charge in [-0.2, -0.15) is 0 Å². The molecular weight excluding hydrogens is 472 g/mol. The van der Waals surface area contributed by atoms with Crippen LogP contribution in [0.1, 0.15) is 153 Å². The van der Waals surface area contributed by atoms with Gasteiger partial charge in [-0.3, -0.25) is 14.4 Å². The van der Waals surface area contributed by atoms with E-state index in [1.54, 1.807) is 6.92 Å². The highest BCUT2D eigenvalue weighted by Gasteiger charge is 2.35. The van der Waals surface area contributed by atoms with Crippen molar-refractivity contribution in [3.8, 4) is 0 Å². The molecular formula is C34H54O4. The van der Waals surface area contributed by atoms with Gasteiger partial charge in [0.15, 0.2) is 5.78 Å². The van der Waals surface area contributed by atoms with Gasteiger partial charge in [0.2, 0.25) is 0 Å². The third kappa shape index (κ3) is 9.27. The maximum absolute atomic E-state index is 13.5. The van der Waals surface area contributed by atoms with Gasteiger partial charge in [-0.05, 0) is 85.5 Å². The van der Waals surface area contributed by atoms with E-state index in [1.807, 2.05) is 6.92 Å². The van der Waals surface area contributed by atoms with Gasteiger partial charge in [-0.15, -0.1) is 0 Å². The third-order valence-electron chi connectivity index (χ3n) is 8.04. The summed E-state index contributed by atoms with van der Waals surface area (Å²) in [7, 11) is 0. The zero-order chi connectivity index (χ0) is 29.4. The van der Waals surface area contributed by atoms with Gasteiger partial charge in [0.1, 0.15) is 17.3 Å². The van der Waals surface area contributed by atoms with Gasteiger partial charge < -0.3 is 4.79 Å². The number of hydrogen-bond acceptors (Lipinski definition) is 4. The lowest BCUT2D eigenvalue weighted by molar-refractivity contribution is -0.130. The van der Waals surface area contributed by atoms with Crippen molar-refractivity contribution in [3.63, 3.8) is 0 Å². The van der Waals surface area contributed by atoms with Crippen LogP contribution in [0.3, 0.4) is 0 Å². The summed E-state index contributed by atoms with van der Waals surface area (Å²) in [6.45, 7) is 22.4. The Hall–Kier alpha value is -2.10. The van der Waals surface area contributed by atoms with Crippen molar-refractivity contribution in [1.29, 1.82) is 0 Å². The van der Waals surface area contributed by atoms with Gasteiger partial charge in [0.25, 0.3) is 0 Å². The minimum Gasteiger partial charge on any atom is -0.300 e. The molecule has 0 aromatic heterocycles. The number of carbonyl (C=O) groups is 4. The molecule has 0 spiro atoms. The van der Waals surface area contributed by atoms with Gasteiger partial charge in [0, 0.05) is 24.3 Å². The second-order valence-electron chi connectivity index (χ2n) is 12.8. The first-order chi connectivity index (χ1) is 17.6. The van der Waals surface area contributed by atoms with E-state index in [4.69, 9.17) is 0 Å². The molecule has 0 saturated heterocycles. The SMILES string of the molecule is CCC(C)=O.CCCC(CC1CC(=O)c2c(C)c(C(C)(C)C)cc(C(C)C)c2C1)C(CC)C(=O)CC(C)=O. The molecule has 1 aliphatic rings. The van der Waals surface area contributed by atoms with Crippen molar-refractivity contribution in [2.75, 3.05) is 0 Å². The van der Waals surface area contributed by atoms with Crippen molar-refractivity contribution < 1.29 is 19.2 Å². The second kappa shape index (κ2) is 14.9. The van der Waals surface area contributed by atoms with Crippen LogP contribution >= 0.6 is 0 Å². The van der Waals surface area contributed by atoms with Crippen molar-refractivity contribution in [2.24, 2.45) is 17.8 Å². The first-order valence-electron chi connectivity index (χ1n) is 14.8. The molecule has 0 fully saturated rings. The number of rotatable bonds is 11. The molecule has 0 aliphatic heterocycles. The van der Waals surface area contributed by atoms with E-state index in [2.05, 4.69) is 61.5 Å². The van der Waals surface area contributed by atoms with Crippen LogP contribution in [-0.4, -0.2) is 23.1 Å². The van der Waals surface area contributed by atoms with Crippen molar-refractivity contribution in [3.05, 3.63) is 33.9 Å². The molecule has 1 aliphatic carbocycles. The molecule has 214 valence electrons. The van der Waals surface area contributed by atoms with Gasteiger partial charge in [0.05, 0.1) is 6.42 Å². The molecule has 4 heteroatoms. The average Bonchev–Trinajstić information content (AvgIpc) is 2.78. The molecule has 3 atom stereocenters. The minimum atomic E-state index is -0.0834. The predicted molar refractivity (Wildman–Crippen MR) is 158 cm³/mol. The number of hydrogen-bond donors (Lipinski definition) is 0. The summed E-state index contributed by atoms with van der Waals surface area (Å²) in [6, 6.07) is 2.35. The van der Waals surface area contributed by atoms with E-state index in [0.717, 1.165) is 43.2 Å². The highest BCUT2D eigenvalue weighted by molar-refractivity contribution is 6.01. The molecule has 1 aromatic carbocycles. The lowest BCUT2D eigenvalue weighted by Gasteiger charge is -2.35. The Morgan fingerprint density at radius 2 is 1.58 bits per heavy atom. The van der Waals surface area contributed by atoms with E-state index < -0.39 is 0 Å². The smallest absolute Gasteiger partial charge is 0.163 e. The van der Waals surface area contributed by atoms with Crippen LogP contribution in [0.5, 0.6) is 0 Å². The van der Waals surface area contributed by atoms with E-state index in [1.165, 1.54) is 23.6 Å². The normalized spacial score (nSPS) is 16.8. The molecule has 1 aromatic rings. The molecule has 0 saturated carbocycles. The van der Waals surface area contributed by atoms with E-state index in [-0.39, 0.29) is 52.7 Å². The van der Waals surface area contributed by atoms with Gasteiger partial charge >= 0.3 is 0 Å². The van der Waals surface area contributed by atoms with Crippen LogP contribution < -0.4 is 0 Å². The molecule has 0 bridgehead atoms. The largest absolute Gasteiger partial charge is 0.300 e. The number of carbonyl (C=O) groups excluding carboxylic acids is 4. The van der Waals surface area contributed by atoms with Crippen LogP contribution in [-0.2, 0) is 26.2 Å². The lowest BCUT2D eigenvalue weighted by Crippen LogP contribution is -2.31. The van der Waals surface area contributed by atoms with Crippen LogP contribution in [0.2, 0.25) is 0 Å². The second-order valence-corrected chi connectivity index (χ2v) is 12.8. The van der Waals surface area contributed by atoms with Crippen molar-refractivity contribution in [2.45, 2.75) is 139 Å². The van der Waals surface area contributed by atoms with Crippen LogP contribution in [0, 0.1) is 24.7 Å². The van der Waals surface area contributed by atoms with E-state index >= 15 is 0 Å². The Kier molecular flexibility index (Phi) is 13.3. The Labute approximate surface area is 232 Å². The fraction of sp³-hybridized carbons (Fsp3) is 0.706. The maximum atomic E-state index is 13.5. The molecule has 0 N–H and O–H groups in total. The van der Waals surface area contributed by atoms with Crippen LogP contribution in [0.15, 0.2) is 6.07 Å². The Bertz CT molecular complexity index is 993. The Morgan fingerprint density at radius 3 is 2.00 bits per heavy atom. The van der Waals surface area contributed by atoms with E-state index in [0.29, 0.717) is 18.8 Å². The summed E-state index contributed by atoms with van der Waals surface area (Å²) >= 11 is 0. The first-order valence-corrected chi connectivity index (χ1v) is 14.8. The summed E-state index contributed by atoms with van der Waals surface area (Å²) in [5.74, 6) is 1.33. The molecule has 38 heavy (non-hydrogen) atoms. The monoisotopic (exact) mass is 526 g/mol. The Morgan fingerprint density at radius 1 is 1.00 bits per heavy atom. The van der Waals surface area contributed by atoms with Crippen molar-refractivity contribution >= 4 is 23.1 Å². The molecule has 4 nitrogen and oxygen atoms in total. The number of benzene rings is 1. The Balaban J connectivity index is 0.00000132. The molecule has 2 rings (SSSR count). The van der Waals surface area contributed by atoms with Crippen LogP contribution in [0.25, 0.3) is 0 Å². The van der Waals surface area contributed by atoms with Crippen molar-refractivity contribution in [1.82, 2.24) is 0 Å². The standard InChI is InChI=1S/C30H46O3.C4H8O/c1-10-12-22(23(11-2)27(32)13-19(5)31)14-21-15-25-24(18(3)4)17-26(30(7,8)9)20(6)29(25)28(33)16-21;1-3-4(2)5/h17-18,21-23H,10-16H2,1-9H3;3H2,1-2H3. The average molecular weight is 527 g/mol. The summed E-state index contributed by atoms with van der Waals surface area (Å²) in [5.41, 5.74) is 5.95. The molecule has 0 amide bonds. The topological polar surface area (TPSA) is 68.3 Å². The van der Waals surface area contributed by atoms with Crippen LogP contribution in [0.4, 0.5) is 0 Å². The summed E-state index contributed by atoms with van der Waals surface area (Å²) in [6.07, 6.45) is 5.82. The number of ketones is 4. The molecule has 0 heterocycles. The third-order valence-corrected chi connectivity index (χ3v) is 8.04. The highest BCUT2D eigenvalue weighted by Crippen LogP contribution is 2.41. The molecule has 0 radical (unpaired) electrons. The fourth-order valence-electron chi connectivity index (χ4n) is 6.12. The lowest BCUT2D eigenvalue weighted by atomic mass is 9.69.